The van der Waals surface area contributed by atoms with Gasteiger partial charge in [0.05, 0.1) is 12.8 Å². The SMILES string of the molecule is CC(C)Cc1cc(C(=O)N(Cc2ccco2)[C@H](C)C(C)C)nc(=O)[nH]1. The monoisotopic (exact) mass is 345 g/mol. The number of amides is 1. The Kier molecular flexibility index (Phi) is 6.17. The van der Waals surface area contributed by atoms with Gasteiger partial charge in [0.25, 0.3) is 5.91 Å². The molecule has 0 aromatic carbocycles. The minimum absolute atomic E-state index is 0.0211. The molecule has 2 aromatic heterocycles. The first kappa shape index (κ1) is 19.0. The first-order valence-corrected chi connectivity index (χ1v) is 8.71. The van der Waals surface area contributed by atoms with Crippen LogP contribution in [0.3, 0.4) is 0 Å². The zero-order chi connectivity index (χ0) is 18.6. The van der Waals surface area contributed by atoms with E-state index in [0.29, 0.717) is 24.6 Å². The van der Waals surface area contributed by atoms with Gasteiger partial charge >= 0.3 is 5.69 Å². The van der Waals surface area contributed by atoms with Gasteiger partial charge in [0, 0.05) is 11.7 Å². The third kappa shape index (κ3) is 5.05. The van der Waals surface area contributed by atoms with Crippen LogP contribution in [0.4, 0.5) is 0 Å². The summed E-state index contributed by atoms with van der Waals surface area (Å²) in [5.74, 6) is 1.08. The van der Waals surface area contributed by atoms with Crippen molar-refractivity contribution in [2.24, 2.45) is 11.8 Å². The molecule has 0 fully saturated rings. The smallest absolute Gasteiger partial charge is 0.345 e. The first-order valence-electron chi connectivity index (χ1n) is 8.71. The molecule has 0 unspecified atom stereocenters. The maximum absolute atomic E-state index is 13.1. The summed E-state index contributed by atoms with van der Waals surface area (Å²) >= 11 is 0. The van der Waals surface area contributed by atoms with E-state index in [0.717, 1.165) is 5.69 Å². The molecule has 0 aliphatic carbocycles. The first-order chi connectivity index (χ1) is 11.8. The zero-order valence-corrected chi connectivity index (χ0v) is 15.6. The number of furan rings is 1. The van der Waals surface area contributed by atoms with Crippen molar-refractivity contribution in [2.75, 3.05) is 0 Å². The summed E-state index contributed by atoms with van der Waals surface area (Å²) in [5.41, 5.74) is 0.420. The summed E-state index contributed by atoms with van der Waals surface area (Å²) in [5, 5.41) is 0. The molecular weight excluding hydrogens is 318 g/mol. The second kappa shape index (κ2) is 8.14. The third-order valence-electron chi connectivity index (χ3n) is 4.27. The van der Waals surface area contributed by atoms with Gasteiger partial charge in [0.2, 0.25) is 0 Å². The molecule has 0 saturated heterocycles. The molecule has 0 aliphatic rings. The van der Waals surface area contributed by atoms with Gasteiger partial charge < -0.3 is 14.3 Å². The van der Waals surface area contributed by atoms with Crippen LogP contribution in [-0.4, -0.2) is 26.8 Å². The number of carbonyl (C=O) groups is 1. The van der Waals surface area contributed by atoms with Crippen molar-refractivity contribution in [3.63, 3.8) is 0 Å². The molecular formula is C19H27N3O3. The van der Waals surface area contributed by atoms with Crippen molar-refractivity contribution in [3.8, 4) is 0 Å². The summed E-state index contributed by atoms with van der Waals surface area (Å²) in [7, 11) is 0. The van der Waals surface area contributed by atoms with Crippen LogP contribution in [0, 0.1) is 11.8 Å². The van der Waals surface area contributed by atoms with E-state index in [2.05, 4.69) is 37.7 Å². The number of hydrogen-bond acceptors (Lipinski definition) is 4. The average molecular weight is 345 g/mol. The third-order valence-corrected chi connectivity index (χ3v) is 4.27. The Bertz CT molecular complexity index is 748. The minimum Gasteiger partial charge on any atom is -0.467 e. The number of aromatic amines is 1. The Hall–Kier alpha value is -2.37. The fourth-order valence-electron chi connectivity index (χ4n) is 2.65. The molecule has 0 bridgehead atoms. The van der Waals surface area contributed by atoms with Gasteiger partial charge in [-0.3, -0.25) is 4.79 Å². The van der Waals surface area contributed by atoms with Gasteiger partial charge in [-0.05, 0) is 43.4 Å². The fraction of sp³-hybridized carbons (Fsp3) is 0.526. The van der Waals surface area contributed by atoms with Gasteiger partial charge in [0.15, 0.2) is 0 Å². The van der Waals surface area contributed by atoms with Gasteiger partial charge in [0.1, 0.15) is 11.5 Å². The van der Waals surface area contributed by atoms with Crippen LogP contribution in [0.1, 0.15) is 56.6 Å². The van der Waals surface area contributed by atoms with Crippen molar-refractivity contribution in [1.82, 2.24) is 14.9 Å². The molecule has 2 rings (SSSR count). The largest absolute Gasteiger partial charge is 0.467 e. The average Bonchev–Trinajstić information content (AvgIpc) is 3.03. The fourth-order valence-corrected chi connectivity index (χ4v) is 2.65. The van der Waals surface area contributed by atoms with Crippen molar-refractivity contribution < 1.29 is 9.21 Å². The molecule has 0 saturated carbocycles. The number of hydrogen-bond donors (Lipinski definition) is 1. The minimum atomic E-state index is -0.489. The molecule has 1 N–H and O–H groups in total. The van der Waals surface area contributed by atoms with E-state index in [4.69, 9.17) is 4.42 Å². The Morgan fingerprint density at radius 2 is 2.00 bits per heavy atom. The number of H-pyrrole nitrogens is 1. The predicted molar refractivity (Wildman–Crippen MR) is 96.3 cm³/mol. The summed E-state index contributed by atoms with van der Waals surface area (Å²) in [6, 6.07) is 5.30. The van der Waals surface area contributed by atoms with E-state index >= 15 is 0 Å². The van der Waals surface area contributed by atoms with Crippen LogP contribution in [0.2, 0.25) is 0 Å². The van der Waals surface area contributed by atoms with Crippen molar-refractivity contribution >= 4 is 5.91 Å². The molecule has 1 amide bonds. The van der Waals surface area contributed by atoms with Gasteiger partial charge in [-0.1, -0.05) is 27.7 Å². The van der Waals surface area contributed by atoms with Crippen LogP contribution in [0.25, 0.3) is 0 Å². The maximum atomic E-state index is 13.1. The normalized spacial score (nSPS) is 12.6. The van der Waals surface area contributed by atoms with Crippen LogP contribution in [0.15, 0.2) is 33.7 Å². The lowest BCUT2D eigenvalue weighted by Gasteiger charge is -2.31. The second-order valence-corrected chi connectivity index (χ2v) is 7.19. The van der Waals surface area contributed by atoms with Gasteiger partial charge in [-0.15, -0.1) is 0 Å². The standard InChI is InChI=1S/C19H27N3O3/c1-12(2)9-15-10-17(21-19(24)20-15)18(23)22(14(5)13(3)4)11-16-7-6-8-25-16/h6-8,10,12-14H,9,11H2,1-5H3,(H,20,21,24)/t14-/m1/s1. The number of nitrogens with zero attached hydrogens (tertiary/aromatic N) is 2. The van der Waals surface area contributed by atoms with Gasteiger partial charge in [-0.25, -0.2) is 4.79 Å². The lowest BCUT2D eigenvalue weighted by Crippen LogP contribution is -2.42. The topological polar surface area (TPSA) is 79.2 Å². The van der Waals surface area contributed by atoms with E-state index in [1.54, 1.807) is 23.3 Å². The highest BCUT2D eigenvalue weighted by atomic mass is 16.3. The molecule has 6 heteroatoms. The maximum Gasteiger partial charge on any atom is 0.345 e. The summed E-state index contributed by atoms with van der Waals surface area (Å²) < 4.78 is 5.40. The molecule has 2 aromatic rings. The van der Waals surface area contributed by atoms with E-state index in [1.165, 1.54) is 0 Å². The number of rotatable bonds is 7. The number of carbonyl (C=O) groups excluding carboxylic acids is 1. The highest BCUT2D eigenvalue weighted by molar-refractivity contribution is 5.92. The quantitative estimate of drug-likeness (QED) is 0.835. The van der Waals surface area contributed by atoms with E-state index < -0.39 is 5.69 Å². The van der Waals surface area contributed by atoms with Crippen LogP contribution < -0.4 is 5.69 Å². The Morgan fingerprint density at radius 1 is 1.28 bits per heavy atom. The zero-order valence-electron chi connectivity index (χ0n) is 15.6. The molecule has 1 atom stereocenters. The molecule has 0 radical (unpaired) electrons. The van der Waals surface area contributed by atoms with Crippen molar-refractivity contribution in [1.29, 1.82) is 0 Å². The predicted octanol–water partition coefficient (Wildman–Crippen LogP) is 3.25. The Morgan fingerprint density at radius 3 is 2.56 bits per heavy atom. The highest BCUT2D eigenvalue weighted by Gasteiger charge is 2.26. The van der Waals surface area contributed by atoms with E-state index in [9.17, 15) is 9.59 Å². The summed E-state index contributed by atoms with van der Waals surface area (Å²) in [6.07, 6.45) is 2.28. The van der Waals surface area contributed by atoms with Crippen LogP contribution >= 0.6 is 0 Å². The van der Waals surface area contributed by atoms with Crippen molar-refractivity contribution in [2.45, 2.75) is 53.6 Å². The molecule has 2 heterocycles. The molecule has 0 spiro atoms. The number of nitrogens with one attached hydrogen (secondary N) is 1. The Labute approximate surface area is 148 Å². The Balaban J connectivity index is 2.35. The van der Waals surface area contributed by atoms with Crippen LogP contribution in [0.5, 0.6) is 0 Å². The summed E-state index contributed by atoms with van der Waals surface area (Å²) in [6.45, 7) is 10.6. The van der Waals surface area contributed by atoms with E-state index in [-0.39, 0.29) is 23.6 Å². The lowest BCUT2D eigenvalue weighted by molar-refractivity contribution is 0.0604. The van der Waals surface area contributed by atoms with Crippen LogP contribution in [-0.2, 0) is 13.0 Å². The number of aromatic nitrogens is 2. The molecule has 25 heavy (non-hydrogen) atoms. The van der Waals surface area contributed by atoms with Gasteiger partial charge in [-0.2, -0.15) is 4.98 Å². The van der Waals surface area contributed by atoms with Crippen molar-refractivity contribution in [3.05, 3.63) is 52.1 Å². The second-order valence-electron chi connectivity index (χ2n) is 7.19. The molecule has 6 nitrogen and oxygen atoms in total. The van der Waals surface area contributed by atoms with E-state index in [1.807, 2.05) is 13.0 Å². The lowest BCUT2D eigenvalue weighted by atomic mass is 10.0. The molecule has 136 valence electrons. The molecule has 0 aliphatic heterocycles. The highest BCUT2D eigenvalue weighted by Crippen LogP contribution is 2.18. The summed E-state index contributed by atoms with van der Waals surface area (Å²) in [4.78, 5) is 33.3.